The number of aliphatic hydroxyl groups is 1. The molecule has 1 aliphatic heterocycles. The predicted octanol–water partition coefficient (Wildman–Crippen LogP) is 2.01. The summed E-state index contributed by atoms with van der Waals surface area (Å²) in [6, 6.07) is 1.19. The van der Waals surface area contributed by atoms with Gasteiger partial charge in [-0.1, -0.05) is 6.07 Å². The minimum atomic E-state index is -3.65. The second-order valence-electron chi connectivity index (χ2n) is 7.86. The van der Waals surface area contributed by atoms with E-state index in [1.54, 1.807) is 0 Å². The maximum Gasteiger partial charge on any atom is 0.354 e. The van der Waals surface area contributed by atoms with Crippen LogP contribution in [0.5, 0.6) is 5.88 Å². The van der Waals surface area contributed by atoms with Crippen LogP contribution in [0.2, 0.25) is 0 Å². The zero-order chi connectivity index (χ0) is 21.0. The molecule has 2 aliphatic carbocycles. The smallest absolute Gasteiger partial charge is 0.354 e. The van der Waals surface area contributed by atoms with Crippen LogP contribution >= 0.6 is 0 Å². The summed E-state index contributed by atoms with van der Waals surface area (Å²) in [5.74, 6) is 0.0672. The number of aryl methyl sites for hydroxylation is 1. The monoisotopic (exact) mass is 435 g/mol. The molecule has 1 aromatic heterocycles. The number of halogens is 1. The van der Waals surface area contributed by atoms with Gasteiger partial charge in [-0.3, -0.25) is 0 Å². The second kappa shape index (κ2) is 7.03. The van der Waals surface area contributed by atoms with Crippen LogP contribution in [0, 0.1) is 0 Å². The molecular formula is C19H22FN5O4S. The lowest BCUT2D eigenvalue weighted by Crippen LogP contribution is -2.28. The van der Waals surface area contributed by atoms with E-state index in [0.29, 0.717) is 18.5 Å². The van der Waals surface area contributed by atoms with E-state index < -0.39 is 28.2 Å². The van der Waals surface area contributed by atoms with Gasteiger partial charge >= 0.3 is 6.03 Å². The van der Waals surface area contributed by atoms with Crippen LogP contribution in [-0.2, 0) is 35.7 Å². The van der Waals surface area contributed by atoms with Gasteiger partial charge in [0.2, 0.25) is 5.88 Å². The van der Waals surface area contributed by atoms with Gasteiger partial charge < -0.3 is 15.2 Å². The van der Waals surface area contributed by atoms with Crippen LogP contribution in [0.1, 0.15) is 41.2 Å². The number of nitrogens with one attached hydrogen (secondary N) is 1. The Balaban J connectivity index is 1.48. The Morgan fingerprint density at radius 2 is 2.23 bits per heavy atom. The van der Waals surface area contributed by atoms with E-state index in [4.69, 9.17) is 9.88 Å². The van der Waals surface area contributed by atoms with Crippen LogP contribution in [0.25, 0.3) is 0 Å². The topological polar surface area (TPSA) is 132 Å². The molecule has 0 spiro atoms. The number of ether oxygens (including phenoxy) is 1. The molecule has 3 aliphatic rings. The standard InChI is InChI=1S/C19H22FN5O4S/c20-11-8-25-18(29-9-11)16(7-22-25)30(21,28)24-19(27)23-17-12-3-1-2-10(12)6-14-13(17)4-5-15(14)26/h6-7,11,15,26H,1-5,8-9H2,(H3,21,23,24,27,28). The maximum atomic E-state index is 13.5. The minimum Gasteiger partial charge on any atom is -0.474 e. The molecule has 4 N–H and O–H groups in total. The number of benzene rings is 1. The highest BCUT2D eigenvalue weighted by Crippen LogP contribution is 2.42. The summed E-state index contributed by atoms with van der Waals surface area (Å²) < 4.78 is 36.7. The van der Waals surface area contributed by atoms with Crippen molar-refractivity contribution in [3.8, 4) is 5.88 Å². The molecular weight excluding hydrogens is 413 g/mol. The first-order chi connectivity index (χ1) is 14.3. The molecule has 0 saturated heterocycles. The lowest BCUT2D eigenvalue weighted by molar-refractivity contribution is 0.122. The van der Waals surface area contributed by atoms with E-state index in [9.17, 15) is 18.5 Å². The van der Waals surface area contributed by atoms with E-state index in [1.165, 1.54) is 10.9 Å². The number of rotatable bonds is 2. The predicted molar refractivity (Wildman–Crippen MR) is 106 cm³/mol. The van der Waals surface area contributed by atoms with Crippen LogP contribution in [-0.4, -0.2) is 37.9 Å². The molecule has 2 heterocycles. The highest BCUT2D eigenvalue weighted by Gasteiger charge is 2.30. The van der Waals surface area contributed by atoms with Gasteiger partial charge in [0.15, 0.2) is 16.1 Å². The van der Waals surface area contributed by atoms with Crippen molar-refractivity contribution >= 4 is 21.6 Å². The first-order valence-electron chi connectivity index (χ1n) is 9.87. The number of aliphatic hydroxyl groups excluding tert-OH is 1. The molecule has 3 unspecified atom stereocenters. The van der Waals surface area contributed by atoms with Crippen molar-refractivity contribution in [1.82, 2.24) is 9.78 Å². The summed E-state index contributed by atoms with van der Waals surface area (Å²) in [7, 11) is -3.65. The second-order valence-corrected chi connectivity index (χ2v) is 9.62. The number of nitrogens with zero attached hydrogens (tertiary/aromatic N) is 3. The zero-order valence-electron chi connectivity index (χ0n) is 16.1. The van der Waals surface area contributed by atoms with E-state index in [1.807, 2.05) is 6.07 Å². The summed E-state index contributed by atoms with van der Waals surface area (Å²) in [5.41, 5.74) is 4.53. The quantitative estimate of drug-likeness (QED) is 0.664. The van der Waals surface area contributed by atoms with Crippen molar-refractivity contribution in [2.75, 3.05) is 11.9 Å². The van der Waals surface area contributed by atoms with Crippen molar-refractivity contribution in [1.29, 1.82) is 0 Å². The Bertz CT molecular complexity index is 1170. The number of carbonyl (C=O) groups is 1. The third-order valence-electron chi connectivity index (χ3n) is 5.87. The van der Waals surface area contributed by atoms with Crippen LogP contribution in [0.15, 0.2) is 21.5 Å². The molecule has 0 saturated carbocycles. The van der Waals surface area contributed by atoms with Crippen molar-refractivity contribution < 1.29 is 23.2 Å². The highest BCUT2D eigenvalue weighted by atomic mass is 32.2. The fourth-order valence-corrected chi connectivity index (χ4v) is 5.52. The average molecular weight is 435 g/mol. The number of amides is 2. The number of nitrogens with two attached hydrogens (primary N) is 1. The summed E-state index contributed by atoms with van der Waals surface area (Å²) in [5, 5.41) is 22.8. The Hall–Kier alpha value is -2.50. The van der Waals surface area contributed by atoms with Crippen LogP contribution in [0.4, 0.5) is 14.9 Å². The molecule has 30 heavy (non-hydrogen) atoms. The number of urea groups is 1. The van der Waals surface area contributed by atoms with Crippen LogP contribution in [0.3, 0.4) is 0 Å². The first-order valence-corrected chi connectivity index (χ1v) is 11.5. The zero-order valence-corrected chi connectivity index (χ0v) is 17.0. The number of anilines is 1. The van der Waals surface area contributed by atoms with Crippen molar-refractivity contribution in [2.45, 2.75) is 55.8 Å². The molecule has 2 aromatic rings. The molecule has 3 atom stereocenters. The first kappa shape index (κ1) is 19.5. The number of hydrogen-bond acceptors (Lipinski definition) is 5. The number of fused-ring (bicyclic) bond motifs is 3. The fourth-order valence-electron chi connectivity index (χ4n) is 4.51. The fraction of sp³-hybridized carbons (Fsp3) is 0.474. The van der Waals surface area contributed by atoms with Gasteiger partial charge in [-0.05, 0) is 54.4 Å². The third kappa shape index (κ3) is 3.17. The van der Waals surface area contributed by atoms with Gasteiger partial charge in [-0.15, -0.1) is 4.36 Å². The number of aromatic nitrogens is 2. The minimum absolute atomic E-state index is 0.0384. The highest BCUT2D eigenvalue weighted by molar-refractivity contribution is 7.91. The molecule has 1 aromatic carbocycles. The molecule has 5 rings (SSSR count). The van der Waals surface area contributed by atoms with Crippen LogP contribution < -0.4 is 15.2 Å². The largest absolute Gasteiger partial charge is 0.474 e. The van der Waals surface area contributed by atoms with Gasteiger partial charge in [-0.25, -0.2) is 23.2 Å². The molecule has 0 fully saturated rings. The lowest BCUT2D eigenvalue weighted by atomic mass is 9.98. The Kier molecular flexibility index (Phi) is 4.56. The van der Waals surface area contributed by atoms with E-state index in [0.717, 1.165) is 41.5 Å². The summed E-state index contributed by atoms with van der Waals surface area (Å²) in [6.07, 6.45) is 3.34. The maximum absolute atomic E-state index is 13.5. The average Bonchev–Trinajstić information content (AvgIpc) is 3.40. The molecule has 9 nitrogen and oxygen atoms in total. The molecule has 0 radical (unpaired) electrons. The molecule has 160 valence electrons. The number of alkyl halides is 1. The van der Waals surface area contributed by atoms with Gasteiger partial charge in [-0.2, -0.15) is 5.10 Å². The Morgan fingerprint density at radius 1 is 1.40 bits per heavy atom. The SMILES string of the molecule is NS(=O)(=NC(=O)Nc1c2c(cc3c1CCC3O)CCC2)c1cnn2c1OCC(F)C2. The number of carbonyl (C=O) groups excluding carboxylic acids is 1. The van der Waals surface area contributed by atoms with E-state index >= 15 is 0 Å². The summed E-state index contributed by atoms with van der Waals surface area (Å²) >= 11 is 0. The Labute approximate surface area is 172 Å². The molecule has 2 amide bonds. The third-order valence-corrected chi connectivity index (χ3v) is 7.21. The molecule has 0 bridgehead atoms. The van der Waals surface area contributed by atoms with E-state index in [-0.39, 0.29) is 23.9 Å². The number of hydrogen-bond donors (Lipinski definition) is 3. The normalized spacial score (nSPS) is 23.7. The lowest BCUT2D eigenvalue weighted by Gasteiger charge is -2.19. The summed E-state index contributed by atoms with van der Waals surface area (Å²) in [4.78, 5) is 12.7. The Morgan fingerprint density at radius 3 is 3.07 bits per heavy atom. The van der Waals surface area contributed by atoms with Gasteiger partial charge in [0.05, 0.1) is 18.8 Å². The van der Waals surface area contributed by atoms with Crippen molar-refractivity contribution in [3.05, 3.63) is 34.5 Å². The van der Waals surface area contributed by atoms with Crippen molar-refractivity contribution in [3.63, 3.8) is 0 Å². The van der Waals surface area contributed by atoms with Gasteiger partial charge in [0, 0.05) is 5.69 Å². The van der Waals surface area contributed by atoms with E-state index in [2.05, 4.69) is 14.8 Å². The molecule has 11 heteroatoms. The van der Waals surface area contributed by atoms with Crippen molar-refractivity contribution in [2.24, 2.45) is 9.50 Å². The van der Waals surface area contributed by atoms with Gasteiger partial charge in [0.1, 0.15) is 11.5 Å². The van der Waals surface area contributed by atoms with Gasteiger partial charge in [0.25, 0.3) is 0 Å². The summed E-state index contributed by atoms with van der Waals surface area (Å²) in [6.45, 7) is -0.243.